The highest BCUT2D eigenvalue weighted by atomic mass is 19.1. The Kier molecular flexibility index (Phi) is 6.00. The average Bonchev–Trinajstić information content (AvgIpc) is 2.36. The van der Waals surface area contributed by atoms with Crippen LogP contribution in [0.3, 0.4) is 0 Å². The summed E-state index contributed by atoms with van der Waals surface area (Å²) in [5, 5.41) is 3.46. The summed E-state index contributed by atoms with van der Waals surface area (Å²) in [5.41, 5.74) is 1.24. The molecule has 1 N–H and O–H groups in total. The van der Waals surface area contributed by atoms with Crippen LogP contribution in [0.25, 0.3) is 0 Å². The molecule has 0 fully saturated rings. The molecule has 3 heteroatoms. The molecule has 0 aromatic heterocycles. The van der Waals surface area contributed by atoms with Crippen LogP contribution in [-0.2, 0) is 0 Å². The molecule has 0 heterocycles. The van der Waals surface area contributed by atoms with Gasteiger partial charge in [0.2, 0.25) is 0 Å². The van der Waals surface area contributed by atoms with Crippen LogP contribution < -0.4 is 10.1 Å². The number of rotatable bonds is 6. The lowest BCUT2D eigenvalue weighted by Crippen LogP contribution is -2.27. The lowest BCUT2D eigenvalue weighted by atomic mass is 9.77. The van der Waals surface area contributed by atoms with E-state index in [1.54, 1.807) is 12.1 Å². The average molecular weight is 281 g/mol. The zero-order valence-electron chi connectivity index (χ0n) is 13.6. The SMILES string of the molecule is CCNC(CC(C)C(C)(C)C)c1ccc(OC)c(F)c1. The van der Waals surface area contributed by atoms with Crippen LogP contribution in [0.4, 0.5) is 4.39 Å². The second-order valence-electron chi connectivity index (χ2n) is 6.51. The van der Waals surface area contributed by atoms with Crippen LogP contribution in [0.1, 0.15) is 52.6 Å². The van der Waals surface area contributed by atoms with Crippen LogP contribution in [0.5, 0.6) is 5.75 Å². The molecule has 0 aliphatic heterocycles. The highest BCUT2D eigenvalue weighted by molar-refractivity contribution is 5.31. The second-order valence-corrected chi connectivity index (χ2v) is 6.51. The highest BCUT2D eigenvalue weighted by Gasteiger charge is 2.24. The van der Waals surface area contributed by atoms with Gasteiger partial charge in [-0.3, -0.25) is 0 Å². The van der Waals surface area contributed by atoms with Crippen molar-refractivity contribution in [2.24, 2.45) is 11.3 Å². The van der Waals surface area contributed by atoms with Crippen molar-refractivity contribution in [3.63, 3.8) is 0 Å². The Morgan fingerprint density at radius 2 is 1.95 bits per heavy atom. The molecular weight excluding hydrogens is 253 g/mol. The van der Waals surface area contributed by atoms with E-state index in [0.29, 0.717) is 11.7 Å². The number of halogens is 1. The van der Waals surface area contributed by atoms with Crippen molar-refractivity contribution in [3.8, 4) is 5.75 Å². The first kappa shape index (κ1) is 17.0. The molecule has 0 amide bonds. The summed E-state index contributed by atoms with van der Waals surface area (Å²) < 4.78 is 18.8. The molecule has 114 valence electrons. The molecule has 2 unspecified atom stereocenters. The van der Waals surface area contributed by atoms with E-state index < -0.39 is 0 Å². The van der Waals surface area contributed by atoms with Gasteiger partial charge in [-0.05, 0) is 42.0 Å². The Morgan fingerprint density at radius 3 is 2.40 bits per heavy atom. The van der Waals surface area contributed by atoms with Gasteiger partial charge in [-0.25, -0.2) is 4.39 Å². The molecule has 0 saturated carbocycles. The quantitative estimate of drug-likeness (QED) is 0.825. The van der Waals surface area contributed by atoms with E-state index in [4.69, 9.17) is 4.74 Å². The standard InChI is InChI=1S/C17H28FNO/c1-7-19-15(10-12(2)17(3,4)5)13-8-9-16(20-6)14(18)11-13/h8-9,11-12,15,19H,7,10H2,1-6H3. The van der Waals surface area contributed by atoms with Gasteiger partial charge in [-0.2, -0.15) is 0 Å². The van der Waals surface area contributed by atoms with E-state index in [-0.39, 0.29) is 17.3 Å². The zero-order chi connectivity index (χ0) is 15.3. The third-order valence-corrected chi connectivity index (χ3v) is 4.10. The molecule has 0 aliphatic rings. The number of ether oxygens (including phenoxy) is 1. The fourth-order valence-corrected chi connectivity index (χ4v) is 2.19. The normalized spacial score (nSPS) is 14.9. The monoisotopic (exact) mass is 281 g/mol. The van der Waals surface area contributed by atoms with Gasteiger partial charge in [0.05, 0.1) is 7.11 Å². The summed E-state index contributed by atoms with van der Waals surface area (Å²) in [6, 6.07) is 5.41. The number of hydrogen-bond donors (Lipinski definition) is 1. The first-order valence-electron chi connectivity index (χ1n) is 7.36. The van der Waals surface area contributed by atoms with Crippen molar-refractivity contribution in [2.75, 3.05) is 13.7 Å². The number of methoxy groups -OCH3 is 1. The minimum atomic E-state index is -0.295. The third-order valence-electron chi connectivity index (χ3n) is 4.10. The van der Waals surface area contributed by atoms with Gasteiger partial charge in [0.25, 0.3) is 0 Å². The molecule has 0 saturated heterocycles. The minimum absolute atomic E-state index is 0.176. The molecule has 20 heavy (non-hydrogen) atoms. The maximum absolute atomic E-state index is 13.9. The lowest BCUT2D eigenvalue weighted by molar-refractivity contribution is 0.223. The molecule has 1 rings (SSSR count). The molecule has 1 aromatic carbocycles. The largest absolute Gasteiger partial charge is 0.494 e. The van der Waals surface area contributed by atoms with Gasteiger partial charge in [-0.15, -0.1) is 0 Å². The summed E-state index contributed by atoms with van der Waals surface area (Å²) in [6.07, 6.45) is 0.989. The van der Waals surface area contributed by atoms with Crippen molar-refractivity contribution < 1.29 is 9.13 Å². The van der Waals surface area contributed by atoms with Crippen LogP contribution in [-0.4, -0.2) is 13.7 Å². The van der Waals surface area contributed by atoms with Gasteiger partial charge in [0.15, 0.2) is 11.6 Å². The highest BCUT2D eigenvalue weighted by Crippen LogP contribution is 2.34. The Hall–Kier alpha value is -1.09. The van der Waals surface area contributed by atoms with E-state index in [2.05, 4.69) is 39.9 Å². The van der Waals surface area contributed by atoms with Crippen molar-refractivity contribution in [2.45, 2.75) is 47.1 Å². The zero-order valence-corrected chi connectivity index (χ0v) is 13.6. The molecule has 0 aliphatic carbocycles. The molecular formula is C17H28FNO. The van der Waals surface area contributed by atoms with Crippen molar-refractivity contribution in [3.05, 3.63) is 29.6 Å². The van der Waals surface area contributed by atoms with Gasteiger partial charge in [0.1, 0.15) is 0 Å². The van der Waals surface area contributed by atoms with E-state index in [1.165, 1.54) is 7.11 Å². The van der Waals surface area contributed by atoms with Crippen molar-refractivity contribution >= 4 is 0 Å². The Balaban J connectivity index is 2.93. The van der Waals surface area contributed by atoms with Crippen LogP contribution in [0.15, 0.2) is 18.2 Å². The number of benzene rings is 1. The summed E-state index contributed by atoms with van der Waals surface area (Å²) in [4.78, 5) is 0. The molecule has 0 spiro atoms. The maximum atomic E-state index is 13.9. The number of nitrogens with one attached hydrogen (secondary N) is 1. The molecule has 2 atom stereocenters. The fourth-order valence-electron chi connectivity index (χ4n) is 2.19. The van der Waals surface area contributed by atoms with Crippen molar-refractivity contribution in [1.29, 1.82) is 0 Å². The van der Waals surface area contributed by atoms with Crippen LogP contribution >= 0.6 is 0 Å². The van der Waals surface area contributed by atoms with Gasteiger partial charge >= 0.3 is 0 Å². The predicted molar refractivity (Wildman–Crippen MR) is 82.6 cm³/mol. The van der Waals surface area contributed by atoms with E-state index >= 15 is 0 Å². The predicted octanol–water partition coefficient (Wildman–Crippen LogP) is 4.56. The maximum Gasteiger partial charge on any atom is 0.165 e. The molecule has 0 bridgehead atoms. The minimum Gasteiger partial charge on any atom is -0.494 e. The Morgan fingerprint density at radius 1 is 1.30 bits per heavy atom. The third kappa shape index (κ3) is 4.48. The first-order valence-corrected chi connectivity index (χ1v) is 7.36. The Labute approximate surface area is 122 Å². The summed E-state index contributed by atoms with van der Waals surface area (Å²) in [5.74, 6) is 0.542. The van der Waals surface area contributed by atoms with Crippen LogP contribution in [0, 0.1) is 17.2 Å². The summed E-state index contributed by atoms with van der Waals surface area (Å²) in [6.45, 7) is 11.9. The smallest absolute Gasteiger partial charge is 0.165 e. The fraction of sp³-hybridized carbons (Fsp3) is 0.647. The number of hydrogen-bond acceptors (Lipinski definition) is 2. The molecule has 0 radical (unpaired) electrons. The van der Waals surface area contributed by atoms with Gasteiger partial charge < -0.3 is 10.1 Å². The Bertz CT molecular complexity index is 425. The second kappa shape index (κ2) is 7.07. The van der Waals surface area contributed by atoms with E-state index in [1.807, 2.05) is 6.07 Å². The molecule has 2 nitrogen and oxygen atoms in total. The van der Waals surface area contributed by atoms with E-state index in [9.17, 15) is 4.39 Å². The first-order chi connectivity index (χ1) is 9.29. The van der Waals surface area contributed by atoms with Crippen LogP contribution in [0.2, 0.25) is 0 Å². The lowest BCUT2D eigenvalue weighted by Gasteiger charge is -2.31. The topological polar surface area (TPSA) is 21.3 Å². The van der Waals surface area contributed by atoms with Gasteiger partial charge in [0, 0.05) is 6.04 Å². The van der Waals surface area contributed by atoms with Crippen molar-refractivity contribution in [1.82, 2.24) is 5.32 Å². The summed E-state index contributed by atoms with van der Waals surface area (Å²) >= 11 is 0. The molecule has 1 aromatic rings. The van der Waals surface area contributed by atoms with E-state index in [0.717, 1.165) is 18.5 Å². The van der Waals surface area contributed by atoms with Gasteiger partial charge in [-0.1, -0.05) is 40.7 Å². The summed E-state index contributed by atoms with van der Waals surface area (Å²) in [7, 11) is 1.49.